The molecule has 3 saturated carbocycles. The van der Waals surface area contributed by atoms with Crippen LogP contribution < -0.4 is 11.1 Å². The molecule has 2 bridgehead atoms. The van der Waals surface area contributed by atoms with Crippen LogP contribution in [0.5, 0.6) is 0 Å². The molecule has 4 unspecified atom stereocenters. The van der Waals surface area contributed by atoms with Crippen LogP contribution >= 0.6 is 0 Å². The number of nitrogens with two attached hydrogens (primary N) is 1. The van der Waals surface area contributed by atoms with Gasteiger partial charge in [-0.25, -0.2) is 0 Å². The van der Waals surface area contributed by atoms with Gasteiger partial charge in [-0.15, -0.1) is 0 Å². The monoisotopic (exact) mass is 248 g/mol. The van der Waals surface area contributed by atoms with E-state index in [1.165, 1.54) is 6.42 Å². The minimum absolute atomic E-state index is 0.116. The summed E-state index contributed by atoms with van der Waals surface area (Å²) in [7, 11) is 0. The summed E-state index contributed by atoms with van der Waals surface area (Å²) in [5, 5.41) is 2.76. The zero-order chi connectivity index (χ0) is 12.3. The summed E-state index contributed by atoms with van der Waals surface area (Å²) >= 11 is 0. The van der Waals surface area contributed by atoms with E-state index in [-0.39, 0.29) is 24.8 Å². The van der Waals surface area contributed by atoms with Gasteiger partial charge in [0.25, 0.3) is 0 Å². The van der Waals surface area contributed by atoms with Gasteiger partial charge in [0.2, 0.25) is 0 Å². The molecule has 98 valence electrons. The molecule has 0 aromatic rings. The number of halogens is 3. The van der Waals surface area contributed by atoms with Crippen LogP contribution in [-0.2, 0) is 0 Å². The summed E-state index contributed by atoms with van der Waals surface area (Å²) in [5.41, 5.74) is 4.53. The maximum absolute atomic E-state index is 12.8. The highest BCUT2D eigenvalue weighted by molar-refractivity contribution is 5.09. The fourth-order valence-electron chi connectivity index (χ4n) is 3.76. The van der Waals surface area contributed by atoms with Crippen molar-refractivity contribution in [2.24, 2.45) is 23.5 Å². The van der Waals surface area contributed by atoms with Crippen molar-refractivity contribution < 1.29 is 13.2 Å². The number of rotatable bonds is 3. The van der Waals surface area contributed by atoms with Crippen LogP contribution in [-0.4, -0.2) is 24.3 Å². The smallest absolute Gasteiger partial charge is 0.327 e. The molecule has 0 heterocycles. The van der Waals surface area contributed by atoms with E-state index < -0.39 is 11.7 Å². The van der Waals surface area contributed by atoms with E-state index in [9.17, 15) is 13.2 Å². The van der Waals surface area contributed by atoms with Gasteiger partial charge in [0.1, 0.15) is 5.54 Å². The topological polar surface area (TPSA) is 38.0 Å². The van der Waals surface area contributed by atoms with Crippen LogP contribution in [0.15, 0.2) is 0 Å². The Morgan fingerprint density at radius 3 is 2.29 bits per heavy atom. The maximum atomic E-state index is 12.8. The van der Waals surface area contributed by atoms with Crippen molar-refractivity contribution in [3.8, 4) is 0 Å². The van der Waals surface area contributed by atoms with Gasteiger partial charge in [0.15, 0.2) is 0 Å². The Hall–Kier alpha value is -0.290. The quantitative estimate of drug-likeness (QED) is 0.802. The molecule has 4 atom stereocenters. The highest BCUT2D eigenvalue weighted by atomic mass is 19.4. The number of nitrogens with one attached hydrogen (secondary N) is 1. The minimum Gasteiger partial charge on any atom is -0.327 e. The third-order valence-corrected chi connectivity index (χ3v) is 5.13. The summed E-state index contributed by atoms with van der Waals surface area (Å²) in [6, 6.07) is 0.116. The third-order valence-electron chi connectivity index (χ3n) is 5.13. The van der Waals surface area contributed by atoms with Gasteiger partial charge < -0.3 is 11.1 Å². The van der Waals surface area contributed by atoms with Gasteiger partial charge >= 0.3 is 6.18 Å². The van der Waals surface area contributed by atoms with Gasteiger partial charge in [0, 0.05) is 12.6 Å². The Kier molecular flexibility index (Phi) is 2.50. The summed E-state index contributed by atoms with van der Waals surface area (Å²) < 4.78 is 38.3. The van der Waals surface area contributed by atoms with E-state index in [1.807, 2.05) is 0 Å². The number of fused-ring (bicyclic) bond motifs is 2. The first-order chi connectivity index (χ1) is 7.93. The van der Waals surface area contributed by atoms with E-state index in [0.29, 0.717) is 18.4 Å². The summed E-state index contributed by atoms with van der Waals surface area (Å²) in [6.45, 7) is 0.446. The number of hydrogen-bond acceptors (Lipinski definition) is 2. The lowest BCUT2D eigenvalue weighted by Crippen LogP contribution is -2.50. The lowest BCUT2D eigenvalue weighted by molar-refractivity contribution is -0.166. The predicted molar refractivity (Wildman–Crippen MR) is 58.3 cm³/mol. The van der Waals surface area contributed by atoms with Gasteiger partial charge in [-0.2, -0.15) is 13.2 Å². The highest BCUT2D eigenvalue weighted by Gasteiger charge is 2.63. The highest BCUT2D eigenvalue weighted by Crippen LogP contribution is 2.51. The molecule has 0 amide bonds. The average Bonchev–Trinajstić information content (AvgIpc) is 2.80. The van der Waals surface area contributed by atoms with E-state index in [1.54, 1.807) is 0 Å². The Morgan fingerprint density at radius 1 is 1.18 bits per heavy atom. The molecule has 0 radical (unpaired) electrons. The van der Waals surface area contributed by atoms with Gasteiger partial charge in [-0.05, 0) is 49.9 Å². The van der Waals surface area contributed by atoms with Crippen LogP contribution in [0.4, 0.5) is 13.2 Å². The largest absolute Gasteiger partial charge is 0.406 e. The van der Waals surface area contributed by atoms with Crippen LogP contribution in [0.25, 0.3) is 0 Å². The molecular weight excluding hydrogens is 229 g/mol. The van der Waals surface area contributed by atoms with Gasteiger partial charge in [-0.1, -0.05) is 0 Å². The van der Waals surface area contributed by atoms with Crippen molar-refractivity contribution >= 4 is 0 Å². The normalized spacial score (nSPS) is 43.1. The molecule has 2 nitrogen and oxygen atoms in total. The van der Waals surface area contributed by atoms with Crippen molar-refractivity contribution in [2.45, 2.75) is 49.9 Å². The van der Waals surface area contributed by atoms with Crippen molar-refractivity contribution in [3.05, 3.63) is 0 Å². The van der Waals surface area contributed by atoms with E-state index >= 15 is 0 Å². The molecule has 0 aliphatic heterocycles. The maximum Gasteiger partial charge on any atom is 0.406 e. The standard InChI is InChI=1S/C12H19F3N2/c13-12(14,15)11(3-4-11)17-6-9-7-1-2-8(5-7)10(9)16/h7-10,17H,1-6,16H2. The van der Waals surface area contributed by atoms with Crippen LogP contribution in [0.2, 0.25) is 0 Å². The van der Waals surface area contributed by atoms with Gasteiger partial charge in [0.05, 0.1) is 0 Å². The zero-order valence-electron chi connectivity index (χ0n) is 9.76. The Balaban J connectivity index is 1.59. The molecule has 3 rings (SSSR count). The van der Waals surface area contributed by atoms with Crippen molar-refractivity contribution in [2.75, 3.05) is 6.54 Å². The SMILES string of the molecule is NC1C2CCC(C2)C1CNC1(C(F)(F)F)CC1. The van der Waals surface area contributed by atoms with Crippen molar-refractivity contribution in [1.82, 2.24) is 5.32 Å². The number of hydrogen-bond donors (Lipinski definition) is 2. The predicted octanol–water partition coefficient (Wildman–Crippen LogP) is 2.04. The molecule has 0 saturated heterocycles. The second kappa shape index (κ2) is 3.60. The lowest BCUT2D eigenvalue weighted by atomic mass is 9.85. The van der Waals surface area contributed by atoms with E-state index in [2.05, 4.69) is 5.32 Å². The minimum atomic E-state index is -4.10. The zero-order valence-corrected chi connectivity index (χ0v) is 9.76. The first-order valence-corrected chi connectivity index (χ1v) is 6.50. The molecule has 17 heavy (non-hydrogen) atoms. The fraction of sp³-hybridized carbons (Fsp3) is 1.00. The van der Waals surface area contributed by atoms with Gasteiger partial charge in [-0.3, -0.25) is 0 Å². The van der Waals surface area contributed by atoms with E-state index in [4.69, 9.17) is 5.73 Å². The molecule has 3 fully saturated rings. The third kappa shape index (κ3) is 1.78. The van der Waals surface area contributed by atoms with Crippen LogP contribution in [0.1, 0.15) is 32.1 Å². The molecule has 3 aliphatic carbocycles. The molecule has 3 N–H and O–H groups in total. The second-order valence-corrected chi connectivity index (χ2v) is 6.04. The molecular formula is C12H19F3N2. The molecule has 0 aromatic heterocycles. The Bertz CT molecular complexity index is 309. The van der Waals surface area contributed by atoms with Crippen LogP contribution in [0, 0.1) is 17.8 Å². The first-order valence-electron chi connectivity index (χ1n) is 6.50. The summed E-state index contributed by atoms with van der Waals surface area (Å²) in [5.74, 6) is 1.38. The summed E-state index contributed by atoms with van der Waals surface area (Å²) in [6.07, 6.45) is -0.184. The Morgan fingerprint density at radius 2 is 1.82 bits per heavy atom. The van der Waals surface area contributed by atoms with Crippen LogP contribution in [0.3, 0.4) is 0 Å². The molecule has 5 heteroatoms. The molecule has 0 spiro atoms. The lowest BCUT2D eigenvalue weighted by Gasteiger charge is -2.31. The average molecular weight is 248 g/mol. The number of alkyl halides is 3. The van der Waals surface area contributed by atoms with Crippen molar-refractivity contribution in [3.63, 3.8) is 0 Å². The second-order valence-electron chi connectivity index (χ2n) is 6.04. The molecule has 3 aliphatic rings. The molecule has 0 aromatic carbocycles. The first kappa shape index (κ1) is 11.8. The Labute approximate surface area is 99.1 Å². The van der Waals surface area contributed by atoms with E-state index in [0.717, 1.165) is 12.8 Å². The fourth-order valence-corrected chi connectivity index (χ4v) is 3.76. The van der Waals surface area contributed by atoms with Crippen molar-refractivity contribution in [1.29, 1.82) is 0 Å². The summed E-state index contributed by atoms with van der Waals surface area (Å²) in [4.78, 5) is 0.